The second-order valence-corrected chi connectivity index (χ2v) is 6.80. The van der Waals surface area contributed by atoms with Crippen LogP contribution in [-0.2, 0) is 4.74 Å². The molecule has 23 heavy (non-hydrogen) atoms. The van der Waals surface area contributed by atoms with Crippen molar-refractivity contribution in [2.45, 2.75) is 51.7 Å². The molecule has 0 aliphatic carbocycles. The number of carbonyl (C=O) groups excluding carboxylic acids is 1. The minimum atomic E-state index is -0.489. The summed E-state index contributed by atoms with van der Waals surface area (Å²) in [7, 11) is 3.24. The fourth-order valence-corrected chi connectivity index (χ4v) is 2.88. The van der Waals surface area contributed by atoms with E-state index in [0.717, 1.165) is 24.8 Å². The minimum absolute atomic E-state index is 0.0124. The van der Waals surface area contributed by atoms with Crippen LogP contribution >= 0.6 is 0 Å². The lowest BCUT2D eigenvalue weighted by molar-refractivity contribution is 0.00948. The number of piperidine rings is 1. The first kappa shape index (κ1) is 17.4. The predicted molar refractivity (Wildman–Crippen MR) is 89.1 cm³/mol. The van der Waals surface area contributed by atoms with Gasteiger partial charge in [0, 0.05) is 6.54 Å². The molecule has 2 rings (SSSR count). The van der Waals surface area contributed by atoms with Crippen molar-refractivity contribution < 1.29 is 19.0 Å². The highest BCUT2D eigenvalue weighted by molar-refractivity contribution is 5.69. The zero-order valence-corrected chi connectivity index (χ0v) is 14.7. The molecule has 1 heterocycles. The number of methoxy groups -OCH3 is 2. The van der Waals surface area contributed by atoms with E-state index in [9.17, 15) is 4.79 Å². The van der Waals surface area contributed by atoms with Crippen LogP contribution in [0.1, 0.15) is 51.6 Å². The molecule has 0 bridgehead atoms. The minimum Gasteiger partial charge on any atom is -0.493 e. The third kappa shape index (κ3) is 4.30. The molecule has 1 fully saturated rings. The molecular formula is C18H27NO4. The molecular weight excluding hydrogens is 294 g/mol. The van der Waals surface area contributed by atoms with Gasteiger partial charge in [-0.1, -0.05) is 6.07 Å². The molecule has 5 heteroatoms. The van der Waals surface area contributed by atoms with Crippen molar-refractivity contribution in [1.82, 2.24) is 4.90 Å². The smallest absolute Gasteiger partial charge is 0.410 e. The van der Waals surface area contributed by atoms with Crippen molar-refractivity contribution in [3.05, 3.63) is 23.8 Å². The quantitative estimate of drug-likeness (QED) is 0.838. The van der Waals surface area contributed by atoms with Gasteiger partial charge in [-0.15, -0.1) is 0 Å². The highest BCUT2D eigenvalue weighted by Gasteiger charge is 2.31. The monoisotopic (exact) mass is 321 g/mol. The Morgan fingerprint density at radius 3 is 2.43 bits per heavy atom. The zero-order chi connectivity index (χ0) is 17.0. The molecule has 128 valence electrons. The van der Waals surface area contributed by atoms with E-state index in [1.165, 1.54) is 0 Å². The van der Waals surface area contributed by atoms with Crippen LogP contribution in [0.3, 0.4) is 0 Å². The summed E-state index contributed by atoms with van der Waals surface area (Å²) in [5, 5.41) is 0. The molecule has 0 aromatic heterocycles. The predicted octanol–water partition coefficient (Wildman–Crippen LogP) is 4.17. The molecule has 0 radical (unpaired) electrons. The number of hydrogen-bond acceptors (Lipinski definition) is 4. The van der Waals surface area contributed by atoms with Crippen LogP contribution in [0.4, 0.5) is 4.79 Å². The van der Waals surface area contributed by atoms with Gasteiger partial charge in [0.25, 0.3) is 0 Å². The maximum atomic E-state index is 12.5. The highest BCUT2D eigenvalue weighted by atomic mass is 16.6. The van der Waals surface area contributed by atoms with Crippen LogP contribution in [0, 0.1) is 0 Å². The molecule has 5 nitrogen and oxygen atoms in total. The van der Waals surface area contributed by atoms with E-state index in [1.54, 1.807) is 14.2 Å². The molecule has 0 saturated carbocycles. The largest absolute Gasteiger partial charge is 0.493 e. The average Bonchev–Trinajstić information content (AvgIpc) is 2.52. The lowest BCUT2D eigenvalue weighted by Gasteiger charge is -2.37. The number of benzene rings is 1. The first-order valence-corrected chi connectivity index (χ1v) is 8.07. The van der Waals surface area contributed by atoms with Crippen molar-refractivity contribution in [2.75, 3.05) is 20.8 Å². The van der Waals surface area contributed by atoms with Gasteiger partial charge in [-0.2, -0.15) is 0 Å². The van der Waals surface area contributed by atoms with E-state index in [1.807, 2.05) is 43.9 Å². The lowest BCUT2D eigenvalue weighted by Crippen LogP contribution is -2.41. The summed E-state index contributed by atoms with van der Waals surface area (Å²) in [6.45, 7) is 6.38. The number of hydrogen-bond donors (Lipinski definition) is 0. The van der Waals surface area contributed by atoms with Gasteiger partial charge in [-0.3, -0.25) is 0 Å². The fourth-order valence-electron chi connectivity index (χ4n) is 2.88. The Hall–Kier alpha value is -1.91. The average molecular weight is 321 g/mol. The van der Waals surface area contributed by atoms with E-state index in [2.05, 4.69) is 0 Å². The number of nitrogens with zero attached hydrogens (tertiary/aromatic N) is 1. The summed E-state index contributed by atoms with van der Waals surface area (Å²) >= 11 is 0. The summed E-state index contributed by atoms with van der Waals surface area (Å²) < 4.78 is 16.2. The lowest BCUT2D eigenvalue weighted by atomic mass is 9.95. The Bertz CT molecular complexity index is 550. The van der Waals surface area contributed by atoms with E-state index >= 15 is 0 Å². The van der Waals surface area contributed by atoms with Gasteiger partial charge in [0.1, 0.15) is 5.60 Å². The Kier molecular flexibility index (Phi) is 5.39. The summed E-state index contributed by atoms with van der Waals surface area (Å²) in [5.74, 6) is 1.37. The van der Waals surface area contributed by atoms with Crippen molar-refractivity contribution in [1.29, 1.82) is 0 Å². The summed E-state index contributed by atoms with van der Waals surface area (Å²) in [4.78, 5) is 14.4. The SMILES string of the molecule is COc1ccc([C@H]2CCCCN2C(=O)OC(C)(C)C)cc1OC. The Balaban J connectivity index is 2.26. The number of amides is 1. The van der Waals surface area contributed by atoms with Crippen LogP contribution in [-0.4, -0.2) is 37.4 Å². The van der Waals surface area contributed by atoms with Gasteiger partial charge >= 0.3 is 6.09 Å². The molecule has 0 unspecified atom stereocenters. The number of likely N-dealkylation sites (tertiary alicyclic amines) is 1. The molecule has 1 aromatic carbocycles. The number of ether oxygens (including phenoxy) is 3. The first-order valence-electron chi connectivity index (χ1n) is 8.07. The summed E-state index contributed by atoms with van der Waals surface area (Å²) in [6, 6.07) is 5.84. The molecule has 1 atom stereocenters. The number of rotatable bonds is 3. The van der Waals surface area contributed by atoms with Gasteiger partial charge in [0.15, 0.2) is 11.5 Å². The van der Waals surface area contributed by atoms with Crippen molar-refractivity contribution >= 4 is 6.09 Å². The molecule has 1 saturated heterocycles. The van der Waals surface area contributed by atoms with Gasteiger partial charge in [0.2, 0.25) is 0 Å². The normalized spacial score (nSPS) is 18.5. The van der Waals surface area contributed by atoms with Crippen LogP contribution < -0.4 is 9.47 Å². The van der Waals surface area contributed by atoms with Gasteiger partial charge < -0.3 is 19.1 Å². The van der Waals surface area contributed by atoms with Crippen molar-refractivity contribution in [2.24, 2.45) is 0 Å². The van der Waals surface area contributed by atoms with Crippen LogP contribution in [0.2, 0.25) is 0 Å². The second kappa shape index (κ2) is 7.11. The molecule has 1 aliphatic heterocycles. The Morgan fingerprint density at radius 1 is 1.13 bits per heavy atom. The summed E-state index contributed by atoms with van der Waals surface area (Å²) in [5.41, 5.74) is 0.560. The van der Waals surface area contributed by atoms with Crippen LogP contribution in [0.25, 0.3) is 0 Å². The highest BCUT2D eigenvalue weighted by Crippen LogP contribution is 2.36. The van der Waals surface area contributed by atoms with Crippen LogP contribution in [0.5, 0.6) is 11.5 Å². The molecule has 1 aromatic rings. The van der Waals surface area contributed by atoms with E-state index in [-0.39, 0.29) is 12.1 Å². The maximum absolute atomic E-state index is 12.5. The zero-order valence-electron chi connectivity index (χ0n) is 14.7. The third-order valence-electron chi connectivity index (χ3n) is 3.92. The topological polar surface area (TPSA) is 48.0 Å². The summed E-state index contributed by atoms with van der Waals surface area (Å²) in [6.07, 6.45) is 2.77. The van der Waals surface area contributed by atoms with E-state index in [0.29, 0.717) is 18.0 Å². The second-order valence-electron chi connectivity index (χ2n) is 6.80. The fraction of sp³-hybridized carbons (Fsp3) is 0.611. The third-order valence-corrected chi connectivity index (χ3v) is 3.92. The van der Waals surface area contributed by atoms with Crippen molar-refractivity contribution in [3.63, 3.8) is 0 Å². The number of carbonyl (C=O) groups is 1. The van der Waals surface area contributed by atoms with Crippen LogP contribution in [0.15, 0.2) is 18.2 Å². The Morgan fingerprint density at radius 2 is 1.83 bits per heavy atom. The van der Waals surface area contributed by atoms with Gasteiger partial charge in [0.05, 0.1) is 20.3 Å². The first-order chi connectivity index (χ1) is 10.9. The molecule has 0 spiro atoms. The van der Waals surface area contributed by atoms with E-state index < -0.39 is 5.60 Å². The van der Waals surface area contributed by atoms with E-state index in [4.69, 9.17) is 14.2 Å². The molecule has 0 N–H and O–H groups in total. The van der Waals surface area contributed by atoms with Gasteiger partial charge in [-0.25, -0.2) is 4.79 Å². The maximum Gasteiger partial charge on any atom is 0.410 e. The Labute approximate surface area is 138 Å². The molecule has 1 aliphatic rings. The van der Waals surface area contributed by atoms with Gasteiger partial charge in [-0.05, 0) is 57.7 Å². The standard InChI is InChI=1S/C18H27NO4/c1-18(2,3)23-17(20)19-11-7-6-8-14(19)13-9-10-15(21-4)16(12-13)22-5/h9-10,12,14H,6-8,11H2,1-5H3/t14-/m1/s1. The van der Waals surface area contributed by atoms with Crippen molar-refractivity contribution in [3.8, 4) is 11.5 Å². The molecule has 1 amide bonds.